The minimum absolute atomic E-state index is 0.0175. The van der Waals surface area contributed by atoms with Crippen LogP contribution in [0.25, 0.3) is 10.9 Å². The van der Waals surface area contributed by atoms with Crippen molar-refractivity contribution in [2.24, 2.45) is 5.41 Å². The number of ketones is 1. The van der Waals surface area contributed by atoms with Crippen LogP contribution in [0.1, 0.15) is 46.1 Å². The van der Waals surface area contributed by atoms with E-state index in [4.69, 9.17) is 25.8 Å². The lowest BCUT2D eigenvalue weighted by atomic mass is 9.85. The zero-order chi connectivity index (χ0) is 32.5. The molecule has 3 aromatic rings. The third-order valence-electron chi connectivity index (χ3n) is 8.27. The average Bonchev–Trinajstić information content (AvgIpc) is 3.70. The van der Waals surface area contributed by atoms with Gasteiger partial charge in [-0.2, -0.15) is 0 Å². The van der Waals surface area contributed by atoms with Crippen LogP contribution in [0.3, 0.4) is 0 Å². The second-order valence-electron chi connectivity index (χ2n) is 12.3. The fourth-order valence-electron chi connectivity index (χ4n) is 5.62. The zero-order valence-electron chi connectivity index (χ0n) is 26.3. The zero-order valence-corrected chi connectivity index (χ0v) is 27.1. The molecule has 240 valence electrons. The number of hydrogen-bond donors (Lipinski definition) is 3. The molecule has 3 heterocycles. The Balaban J connectivity index is 1.42. The molecule has 2 aliphatic heterocycles. The Kier molecular flexibility index (Phi) is 9.36. The van der Waals surface area contributed by atoms with Crippen LogP contribution in [-0.4, -0.2) is 78.1 Å². The van der Waals surface area contributed by atoms with E-state index in [0.717, 1.165) is 0 Å². The van der Waals surface area contributed by atoms with Gasteiger partial charge in [0.15, 0.2) is 17.3 Å². The number of carbonyl (C=O) groups is 3. The SMILES string of the molecule is CN[C@@H](C)C(=O)N[C@H](C(=O)N1CCC[C@H]1C(=O)Cc1cc2c(Nc3c(Cl)ccc4c3OCO4)ncnc2cc1OC)C(C)(C)C. The summed E-state index contributed by atoms with van der Waals surface area (Å²) in [6.07, 6.45) is 2.66. The molecule has 1 fully saturated rings. The maximum absolute atomic E-state index is 13.9. The van der Waals surface area contributed by atoms with Gasteiger partial charge in [-0.1, -0.05) is 32.4 Å². The van der Waals surface area contributed by atoms with Crippen LogP contribution in [0.2, 0.25) is 5.02 Å². The number of aromatic nitrogens is 2. The highest BCUT2D eigenvalue weighted by Gasteiger charge is 2.42. The lowest BCUT2D eigenvalue weighted by molar-refractivity contribution is -0.143. The second kappa shape index (κ2) is 13.1. The molecule has 0 spiro atoms. The Morgan fingerprint density at radius 1 is 1.18 bits per heavy atom. The molecule has 1 saturated heterocycles. The number of nitrogens with zero attached hydrogens (tertiary/aromatic N) is 3. The number of fused-ring (bicyclic) bond motifs is 2. The van der Waals surface area contributed by atoms with Crippen LogP contribution in [0.15, 0.2) is 30.6 Å². The highest BCUT2D eigenvalue weighted by molar-refractivity contribution is 6.34. The van der Waals surface area contributed by atoms with Gasteiger partial charge in [0.25, 0.3) is 0 Å². The van der Waals surface area contributed by atoms with Crippen molar-refractivity contribution in [3.8, 4) is 17.2 Å². The smallest absolute Gasteiger partial charge is 0.246 e. The van der Waals surface area contributed by atoms with Gasteiger partial charge < -0.3 is 35.1 Å². The van der Waals surface area contributed by atoms with E-state index < -0.39 is 23.5 Å². The fourth-order valence-corrected chi connectivity index (χ4v) is 5.82. The molecular weight excluding hydrogens is 600 g/mol. The molecule has 1 aromatic heterocycles. The highest BCUT2D eigenvalue weighted by Crippen LogP contribution is 2.45. The van der Waals surface area contributed by atoms with Gasteiger partial charge in [-0.05, 0) is 50.4 Å². The average molecular weight is 639 g/mol. The number of hydrogen-bond acceptors (Lipinski definition) is 10. The summed E-state index contributed by atoms with van der Waals surface area (Å²) in [4.78, 5) is 51.0. The number of nitrogens with one attached hydrogen (secondary N) is 3. The minimum Gasteiger partial charge on any atom is -0.496 e. The van der Waals surface area contributed by atoms with Crippen molar-refractivity contribution in [2.75, 3.05) is 32.8 Å². The van der Waals surface area contributed by atoms with E-state index >= 15 is 0 Å². The number of rotatable bonds is 10. The Hall–Kier alpha value is -4.16. The molecule has 2 amide bonds. The molecule has 0 unspecified atom stereocenters. The summed E-state index contributed by atoms with van der Waals surface area (Å²) in [6, 6.07) is 5.13. The van der Waals surface area contributed by atoms with E-state index in [1.54, 1.807) is 37.1 Å². The topological polar surface area (TPSA) is 144 Å². The van der Waals surface area contributed by atoms with Crippen molar-refractivity contribution in [3.05, 3.63) is 41.2 Å². The monoisotopic (exact) mass is 638 g/mol. The third kappa shape index (κ3) is 6.62. The Labute approximate surface area is 267 Å². The van der Waals surface area contributed by atoms with Gasteiger partial charge in [0, 0.05) is 30.0 Å². The molecule has 3 atom stereocenters. The van der Waals surface area contributed by atoms with Crippen LogP contribution in [-0.2, 0) is 20.8 Å². The molecule has 3 N–H and O–H groups in total. The molecule has 5 rings (SSSR count). The first-order chi connectivity index (χ1) is 21.4. The largest absolute Gasteiger partial charge is 0.496 e. The fraction of sp³-hybridized carbons (Fsp3) is 0.469. The molecule has 0 bridgehead atoms. The predicted molar refractivity (Wildman–Crippen MR) is 170 cm³/mol. The van der Waals surface area contributed by atoms with Crippen molar-refractivity contribution in [2.45, 2.75) is 65.1 Å². The Bertz CT molecular complexity index is 1630. The third-order valence-corrected chi connectivity index (χ3v) is 8.58. The maximum atomic E-state index is 13.9. The number of amides is 2. The molecule has 45 heavy (non-hydrogen) atoms. The normalized spacial score (nSPS) is 17.2. The van der Waals surface area contributed by atoms with Gasteiger partial charge in [-0.3, -0.25) is 14.4 Å². The summed E-state index contributed by atoms with van der Waals surface area (Å²) >= 11 is 6.50. The second-order valence-corrected chi connectivity index (χ2v) is 12.7. The minimum atomic E-state index is -0.796. The first kappa shape index (κ1) is 32.2. The summed E-state index contributed by atoms with van der Waals surface area (Å²) in [7, 11) is 3.22. The first-order valence-corrected chi connectivity index (χ1v) is 15.3. The van der Waals surface area contributed by atoms with E-state index in [0.29, 0.717) is 69.6 Å². The van der Waals surface area contributed by atoms with Crippen LogP contribution in [0, 0.1) is 5.41 Å². The van der Waals surface area contributed by atoms with E-state index in [2.05, 4.69) is 25.9 Å². The number of anilines is 2. The van der Waals surface area contributed by atoms with Crippen LogP contribution in [0.4, 0.5) is 11.5 Å². The summed E-state index contributed by atoms with van der Waals surface area (Å²) in [5, 5.41) is 10.1. The lowest BCUT2D eigenvalue weighted by Gasteiger charge is -2.36. The summed E-state index contributed by atoms with van der Waals surface area (Å²) in [5.41, 5.74) is 1.16. The van der Waals surface area contributed by atoms with Crippen molar-refractivity contribution < 1.29 is 28.6 Å². The van der Waals surface area contributed by atoms with Crippen molar-refractivity contribution >= 4 is 51.6 Å². The number of benzene rings is 2. The number of carbonyl (C=O) groups excluding carboxylic acids is 3. The number of halogens is 1. The van der Waals surface area contributed by atoms with Crippen molar-refractivity contribution in [1.29, 1.82) is 0 Å². The van der Waals surface area contributed by atoms with Gasteiger partial charge in [0.05, 0.1) is 29.7 Å². The molecule has 12 nitrogen and oxygen atoms in total. The van der Waals surface area contributed by atoms with E-state index in [1.807, 2.05) is 26.8 Å². The van der Waals surface area contributed by atoms with Crippen molar-refractivity contribution in [1.82, 2.24) is 25.5 Å². The molecule has 0 saturated carbocycles. The summed E-state index contributed by atoms with van der Waals surface area (Å²) < 4.78 is 16.8. The lowest BCUT2D eigenvalue weighted by Crippen LogP contribution is -2.58. The first-order valence-electron chi connectivity index (χ1n) is 14.9. The van der Waals surface area contributed by atoms with Crippen molar-refractivity contribution in [3.63, 3.8) is 0 Å². The number of methoxy groups -OCH3 is 1. The predicted octanol–water partition coefficient (Wildman–Crippen LogP) is 4.01. The maximum Gasteiger partial charge on any atom is 0.246 e. The number of Topliss-reactive ketones (excluding diaryl/α,β-unsaturated/α-hetero) is 1. The van der Waals surface area contributed by atoms with Crippen LogP contribution >= 0.6 is 11.6 Å². The highest BCUT2D eigenvalue weighted by atomic mass is 35.5. The summed E-state index contributed by atoms with van der Waals surface area (Å²) in [6.45, 7) is 7.94. The van der Waals surface area contributed by atoms with Gasteiger partial charge in [0.2, 0.25) is 18.6 Å². The van der Waals surface area contributed by atoms with Gasteiger partial charge in [0.1, 0.15) is 29.6 Å². The van der Waals surface area contributed by atoms with Gasteiger partial charge in [-0.15, -0.1) is 0 Å². The van der Waals surface area contributed by atoms with Crippen LogP contribution < -0.4 is 30.2 Å². The number of ether oxygens (including phenoxy) is 3. The molecule has 13 heteroatoms. The molecule has 2 aromatic carbocycles. The quantitative estimate of drug-likeness (QED) is 0.298. The Morgan fingerprint density at radius 2 is 1.96 bits per heavy atom. The van der Waals surface area contributed by atoms with E-state index in [-0.39, 0.29) is 30.8 Å². The van der Waals surface area contributed by atoms with E-state index in [1.165, 1.54) is 13.4 Å². The Morgan fingerprint density at radius 3 is 2.67 bits per heavy atom. The molecule has 2 aliphatic rings. The summed E-state index contributed by atoms with van der Waals surface area (Å²) in [5.74, 6) is 1.33. The molecule has 0 aliphatic carbocycles. The van der Waals surface area contributed by atoms with Gasteiger partial charge in [-0.25, -0.2) is 9.97 Å². The number of likely N-dealkylation sites (tertiary alicyclic amines) is 1. The van der Waals surface area contributed by atoms with E-state index in [9.17, 15) is 14.4 Å². The van der Waals surface area contributed by atoms with Crippen LogP contribution in [0.5, 0.6) is 17.2 Å². The molecular formula is C32H39ClN6O6. The molecule has 0 radical (unpaired) electrons. The van der Waals surface area contributed by atoms with Gasteiger partial charge >= 0.3 is 0 Å². The number of likely N-dealkylation sites (N-methyl/N-ethyl adjacent to an activating group) is 1. The standard InChI is InChI=1S/C32H39ClN6O6/c1-17(34-5)30(41)38-28(32(2,3)4)31(42)39-11-7-8-22(39)23(40)13-18-12-19-21(14-25(18)43-6)35-15-36-29(19)37-26-20(33)9-10-24-27(26)45-16-44-24/h9-10,12,14-15,17,22,28,34H,7-8,11,13,16H2,1-6H3,(H,38,41)(H,35,36,37)/t17-,22-,28+/m0/s1.